The Kier molecular flexibility index (Phi) is 15.8. The van der Waals surface area contributed by atoms with E-state index in [1.165, 1.54) is 102 Å². The van der Waals surface area contributed by atoms with Crippen LogP contribution in [0.25, 0.3) is 49.7 Å². The first-order valence-electron chi connectivity index (χ1n) is 36.7. The highest BCUT2D eigenvalue weighted by atomic mass is 28.3. The average Bonchev–Trinajstić information content (AvgIpc) is 0.935. The van der Waals surface area contributed by atoms with Crippen LogP contribution in [0.1, 0.15) is 52.7 Å². The fraction of sp³-hybridized carbons (Fsp3) is 0.0816. The summed E-state index contributed by atoms with van der Waals surface area (Å²) in [6.45, 7) is 13.7. The van der Waals surface area contributed by atoms with Crippen LogP contribution in [0.4, 0.5) is 34.1 Å². The molecule has 3 nitrogen and oxygen atoms in total. The van der Waals surface area contributed by atoms with Gasteiger partial charge in [0.15, 0.2) is 16.1 Å². The zero-order chi connectivity index (χ0) is 70.3. The number of hydrogen-bond donors (Lipinski definition) is 0. The number of nitrogens with zero attached hydrogens (tertiary/aromatic N) is 3. The first-order chi connectivity index (χ1) is 50.9. The molecule has 0 fully saturated rings. The maximum Gasteiger partial charge on any atom is 0.252 e. The SMILES string of the molecule is CC(C)(C)c1ccc(-c2ccc3c(c2)N(c2ccc([Si](c4ccccc4)(c4ccccc4)c4ccccc4)cc2)c2cc(-n4c5ccccc5c5ccccc54)cc4c2B3c2cc([Si](c3ccccc3)(c3ccccc3)c3ccccc3)ccc2N4c2ccc(C(C)(C)C)cc2-c2ccccc2)cc1. The van der Waals surface area contributed by atoms with Crippen LogP contribution in [0.2, 0.25) is 0 Å². The monoisotopic (exact) mass is 1370 g/mol. The molecule has 15 aromatic carbocycles. The molecule has 0 spiro atoms. The Morgan fingerprint density at radius 1 is 0.250 bits per heavy atom. The van der Waals surface area contributed by atoms with Crippen LogP contribution >= 0.6 is 0 Å². The van der Waals surface area contributed by atoms with Crippen molar-refractivity contribution in [3.05, 3.63) is 387 Å². The van der Waals surface area contributed by atoms with Gasteiger partial charge in [0, 0.05) is 44.8 Å². The zero-order valence-electron chi connectivity index (χ0n) is 59.7. The molecule has 104 heavy (non-hydrogen) atoms. The summed E-state index contributed by atoms with van der Waals surface area (Å²) in [5, 5.41) is 13.1. The maximum atomic E-state index is 2.68. The van der Waals surface area contributed by atoms with Crippen molar-refractivity contribution < 1.29 is 0 Å². The summed E-state index contributed by atoms with van der Waals surface area (Å²) in [5.41, 5.74) is 21.1. The molecule has 1 aromatic heterocycles. The third-order valence-corrected chi connectivity index (χ3v) is 32.0. The number of anilines is 6. The van der Waals surface area contributed by atoms with Crippen molar-refractivity contribution in [1.29, 1.82) is 0 Å². The topological polar surface area (TPSA) is 11.4 Å². The van der Waals surface area contributed by atoms with E-state index < -0.39 is 16.1 Å². The van der Waals surface area contributed by atoms with E-state index in [-0.39, 0.29) is 17.5 Å². The number of rotatable bonds is 13. The van der Waals surface area contributed by atoms with Crippen molar-refractivity contribution in [2.24, 2.45) is 0 Å². The fourth-order valence-electron chi connectivity index (χ4n) is 17.5. The number of para-hydroxylation sites is 2. The van der Waals surface area contributed by atoms with Crippen molar-refractivity contribution in [3.63, 3.8) is 0 Å². The van der Waals surface area contributed by atoms with E-state index in [4.69, 9.17) is 0 Å². The molecule has 0 amide bonds. The van der Waals surface area contributed by atoms with E-state index in [9.17, 15) is 0 Å². The van der Waals surface area contributed by atoms with Crippen LogP contribution in [0, 0.1) is 0 Å². The molecule has 0 saturated carbocycles. The normalized spacial score (nSPS) is 12.8. The molecule has 0 radical (unpaired) electrons. The second kappa shape index (κ2) is 25.6. The number of hydrogen-bond acceptors (Lipinski definition) is 2. The molecule has 0 atom stereocenters. The lowest BCUT2D eigenvalue weighted by atomic mass is 9.33. The Morgan fingerprint density at radius 2 is 0.644 bits per heavy atom. The lowest BCUT2D eigenvalue weighted by Crippen LogP contribution is -2.75. The van der Waals surface area contributed by atoms with Gasteiger partial charge in [0.2, 0.25) is 0 Å². The molecule has 2 aliphatic rings. The number of fused-ring (bicyclic) bond motifs is 7. The number of aromatic nitrogens is 1. The minimum Gasteiger partial charge on any atom is -0.311 e. The minimum atomic E-state index is -3.13. The van der Waals surface area contributed by atoms with Crippen molar-refractivity contribution in [3.8, 4) is 27.9 Å². The van der Waals surface area contributed by atoms with Gasteiger partial charge < -0.3 is 14.4 Å². The van der Waals surface area contributed by atoms with Gasteiger partial charge in [-0.05, 0) is 157 Å². The molecule has 16 aromatic rings. The van der Waals surface area contributed by atoms with Gasteiger partial charge in [-0.1, -0.05) is 357 Å². The van der Waals surface area contributed by atoms with Crippen molar-refractivity contribution in [1.82, 2.24) is 4.57 Å². The molecular formula is C98H80BN3Si2. The Hall–Kier alpha value is -11.8. The highest BCUT2D eigenvalue weighted by molar-refractivity contribution is 7.20. The lowest BCUT2D eigenvalue weighted by molar-refractivity contribution is 0.590. The highest BCUT2D eigenvalue weighted by Gasteiger charge is 2.48. The van der Waals surface area contributed by atoms with Crippen LogP contribution in [0.3, 0.4) is 0 Å². The average molecular weight is 1370 g/mol. The van der Waals surface area contributed by atoms with Crippen molar-refractivity contribution in [2.75, 3.05) is 9.80 Å². The molecule has 0 aliphatic carbocycles. The van der Waals surface area contributed by atoms with Gasteiger partial charge in [0.05, 0.1) is 22.4 Å². The minimum absolute atomic E-state index is 0.00556. The standard InChI is InChI=1S/C98H80BN3Si2/c1-97(2,3)72-53-50-69(51-54-72)71-52-61-87-93(64-71)100(74-56-58-82(59-57-74)103(76-34-16-8-17-35-76,77-36-18-9-19-37-77)78-38-20-10-21-39-78)94-66-75(101-89-48-30-28-46-84(89)85-47-29-31-49-90(85)101)67-95-96(94)99(87)88-68-83(104(79-40-22-11-23-41-79,80-42-24-12-25-43-80)81-44-26-13-27-45-81)60-63-92(88)102(95)91-62-55-73(98(4,5)6)65-86(91)70-32-14-7-15-33-70/h7-68H,1-6H3. The fourth-order valence-corrected chi connectivity index (χ4v) is 27.0. The summed E-state index contributed by atoms with van der Waals surface area (Å²) in [6.07, 6.45) is 0. The van der Waals surface area contributed by atoms with Crippen molar-refractivity contribution in [2.45, 2.75) is 52.4 Å². The summed E-state index contributed by atoms with van der Waals surface area (Å²) >= 11 is 0. The Balaban J connectivity index is 0.988. The molecular weight excluding hydrogens is 1290 g/mol. The Morgan fingerprint density at radius 3 is 1.12 bits per heavy atom. The van der Waals surface area contributed by atoms with Gasteiger partial charge in [-0.3, -0.25) is 0 Å². The van der Waals surface area contributed by atoms with Crippen molar-refractivity contribution >= 4 is 137 Å². The quantitative estimate of drug-likeness (QED) is 0.0842. The second-order valence-corrected chi connectivity index (χ2v) is 38.0. The van der Waals surface area contributed by atoms with E-state index in [1.807, 2.05) is 0 Å². The van der Waals surface area contributed by atoms with E-state index >= 15 is 0 Å². The lowest BCUT2D eigenvalue weighted by Gasteiger charge is -2.45. The molecule has 0 saturated heterocycles. The van der Waals surface area contributed by atoms with E-state index in [1.54, 1.807) is 0 Å². The summed E-state index contributed by atoms with van der Waals surface area (Å²) in [7, 11) is -6.09. The largest absolute Gasteiger partial charge is 0.311 e. The first-order valence-corrected chi connectivity index (χ1v) is 40.7. The van der Waals surface area contributed by atoms with Crippen LogP contribution in [-0.2, 0) is 10.8 Å². The summed E-state index contributed by atoms with van der Waals surface area (Å²) < 4.78 is 2.54. The maximum absolute atomic E-state index is 3.13. The second-order valence-electron chi connectivity index (χ2n) is 30.3. The summed E-state index contributed by atoms with van der Waals surface area (Å²) in [4.78, 5) is 5.33. The van der Waals surface area contributed by atoms with Gasteiger partial charge in [-0.25, -0.2) is 0 Å². The molecule has 2 aliphatic heterocycles. The van der Waals surface area contributed by atoms with E-state index in [0.717, 1.165) is 50.8 Å². The Bertz CT molecular complexity index is 5610. The van der Waals surface area contributed by atoms with Gasteiger partial charge in [0.1, 0.15) is 0 Å². The van der Waals surface area contributed by atoms with Crippen LogP contribution in [0.15, 0.2) is 376 Å². The van der Waals surface area contributed by atoms with Crippen LogP contribution in [-0.4, -0.2) is 27.4 Å². The van der Waals surface area contributed by atoms with E-state index in [0.29, 0.717) is 0 Å². The molecule has 498 valence electrons. The van der Waals surface area contributed by atoms with Crippen LogP contribution in [0.5, 0.6) is 0 Å². The number of benzene rings is 15. The third-order valence-electron chi connectivity index (χ3n) is 22.4. The third kappa shape index (κ3) is 10.5. The predicted octanol–water partition coefficient (Wildman–Crippen LogP) is 17.6. The van der Waals surface area contributed by atoms with Gasteiger partial charge in [0.25, 0.3) is 6.71 Å². The molecule has 0 bridgehead atoms. The summed E-state index contributed by atoms with van der Waals surface area (Å²) in [6, 6.07) is 144. The molecule has 3 heterocycles. The van der Waals surface area contributed by atoms with E-state index in [2.05, 4.69) is 432 Å². The molecule has 0 N–H and O–H groups in total. The predicted molar refractivity (Wildman–Crippen MR) is 450 cm³/mol. The Labute approximate surface area is 614 Å². The first kappa shape index (κ1) is 64.3. The smallest absolute Gasteiger partial charge is 0.252 e. The molecule has 6 heteroatoms. The summed E-state index contributed by atoms with van der Waals surface area (Å²) in [5.74, 6) is 0. The van der Waals surface area contributed by atoms with Gasteiger partial charge in [-0.2, -0.15) is 0 Å². The van der Waals surface area contributed by atoms with Gasteiger partial charge >= 0.3 is 0 Å². The van der Waals surface area contributed by atoms with Crippen LogP contribution < -0.4 is 67.7 Å². The molecule has 0 unspecified atom stereocenters. The highest BCUT2D eigenvalue weighted by Crippen LogP contribution is 2.49. The van der Waals surface area contributed by atoms with Gasteiger partial charge in [-0.15, -0.1) is 0 Å². The zero-order valence-corrected chi connectivity index (χ0v) is 61.7. The molecule has 18 rings (SSSR count).